The molecule has 0 aromatic heterocycles. The molecule has 26 heavy (non-hydrogen) atoms. The van der Waals surface area contributed by atoms with Gasteiger partial charge in [-0.2, -0.15) is 5.10 Å². The minimum atomic E-state index is -0.701. The summed E-state index contributed by atoms with van der Waals surface area (Å²) in [6.45, 7) is 0. The van der Waals surface area contributed by atoms with Crippen LogP contribution in [-0.2, 0) is 0 Å². The molecular formula is C22H19N3O. The van der Waals surface area contributed by atoms with E-state index in [2.05, 4.69) is 10.5 Å². The summed E-state index contributed by atoms with van der Waals surface area (Å²) in [4.78, 5) is 11.1. The highest BCUT2D eigenvalue weighted by Crippen LogP contribution is 2.24. The van der Waals surface area contributed by atoms with E-state index in [0.29, 0.717) is 5.71 Å². The molecule has 0 saturated carbocycles. The van der Waals surface area contributed by atoms with Crippen molar-refractivity contribution in [2.45, 2.75) is 0 Å². The van der Waals surface area contributed by atoms with Gasteiger partial charge in [-0.05, 0) is 22.8 Å². The lowest BCUT2D eigenvalue weighted by molar-refractivity contribution is 0.249. The molecule has 3 N–H and O–H groups in total. The van der Waals surface area contributed by atoms with Gasteiger partial charge in [-0.1, -0.05) is 91.0 Å². The Balaban J connectivity index is 2.14. The molecule has 0 aliphatic carbocycles. The van der Waals surface area contributed by atoms with Crippen molar-refractivity contribution < 1.29 is 4.79 Å². The second kappa shape index (κ2) is 8.44. The highest BCUT2D eigenvalue weighted by atomic mass is 16.2. The van der Waals surface area contributed by atoms with E-state index in [1.165, 1.54) is 0 Å². The van der Waals surface area contributed by atoms with Crippen LogP contribution >= 0.6 is 0 Å². The second-order valence-corrected chi connectivity index (χ2v) is 5.63. The maximum atomic E-state index is 11.1. The Morgan fingerprint density at radius 1 is 0.731 bits per heavy atom. The van der Waals surface area contributed by atoms with Gasteiger partial charge in [-0.15, -0.1) is 0 Å². The van der Waals surface area contributed by atoms with Crippen molar-refractivity contribution in [3.63, 3.8) is 0 Å². The van der Waals surface area contributed by atoms with Crippen LogP contribution in [0, 0.1) is 0 Å². The van der Waals surface area contributed by atoms with E-state index in [1.54, 1.807) is 0 Å². The van der Waals surface area contributed by atoms with Gasteiger partial charge in [-0.3, -0.25) is 0 Å². The Morgan fingerprint density at radius 2 is 1.15 bits per heavy atom. The molecule has 0 aliphatic rings. The zero-order chi connectivity index (χ0) is 18.2. The summed E-state index contributed by atoms with van der Waals surface area (Å²) >= 11 is 0. The Kier molecular flexibility index (Phi) is 5.58. The molecule has 3 rings (SSSR count). The van der Waals surface area contributed by atoms with Crippen LogP contribution in [0.4, 0.5) is 4.79 Å². The molecule has 0 atom stereocenters. The Labute approximate surface area is 152 Å². The topological polar surface area (TPSA) is 67.5 Å². The molecule has 0 spiro atoms. The third-order valence-corrected chi connectivity index (χ3v) is 3.81. The van der Waals surface area contributed by atoms with Crippen LogP contribution in [0.5, 0.6) is 0 Å². The van der Waals surface area contributed by atoms with Crippen molar-refractivity contribution in [1.82, 2.24) is 5.43 Å². The number of carbonyl (C=O) groups is 1. The molecule has 0 aliphatic heterocycles. The SMILES string of the molecule is NC(=O)N/N=C(\C=C(c1ccccc1)c1ccccc1)c1ccccc1. The maximum Gasteiger partial charge on any atom is 0.332 e. The predicted octanol–water partition coefficient (Wildman–Crippen LogP) is 4.19. The van der Waals surface area contributed by atoms with Gasteiger partial charge in [0.2, 0.25) is 0 Å². The molecule has 0 heterocycles. The minimum absolute atomic E-state index is 0.618. The number of hydrazone groups is 1. The third kappa shape index (κ3) is 4.45. The smallest absolute Gasteiger partial charge is 0.332 e. The normalized spacial score (nSPS) is 10.8. The monoisotopic (exact) mass is 341 g/mol. The molecule has 2 amide bonds. The third-order valence-electron chi connectivity index (χ3n) is 3.81. The average Bonchev–Trinajstić information content (AvgIpc) is 2.70. The summed E-state index contributed by atoms with van der Waals surface area (Å²) in [5.74, 6) is 0. The second-order valence-electron chi connectivity index (χ2n) is 5.63. The summed E-state index contributed by atoms with van der Waals surface area (Å²) in [7, 11) is 0. The first-order chi connectivity index (χ1) is 12.7. The Morgan fingerprint density at radius 3 is 1.58 bits per heavy atom. The summed E-state index contributed by atoms with van der Waals surface area (Å²) in [6.07, 6.45) is 1.95. The van der Waals surface area contributed by atoms with Crippen LogP contribution in [0.1, 0.15) is 16.7 Å². The standard InChI is InChI=1S/C22H19N3O/c23-22(26)25-24-21(19-14-8-3-9-15-19)16-20(17-10-4-1-5-11-17)18-12-6-2-7-13-18/h1-16H,(H3,23,25,26)/b24-21+. The number of nitrogens with zero attached hydrogens (tertiary/aromatic N) is 1. The summed E-state index contributed by atoms with van der Waals surface area (Å²) in [6, 6.07) is 29.1. The van der Waals surface area contributed by atoms with Gasteiger partial charge in [-0.25, -0.2) is 10.2 Å². The molecule has 4 heteroatoms. The van der Waals surface area contributed by atoms with Gasteiger partial charge in [0.15, 0.2) is 0 Å². The van der Waals surface area contributed by atoms with E-state index < -0.39 is 6.03 Å². The van der Waals surface area contributed by atoms with Crippen LogP contribution in [0.25, 0.3) is 5.57 Å². The number of hydrogen-bond donors (Lipinski definition) is 2. The average molecular weight is 341 g/mol. The summed E-state index contributed by atoms with van der Waals surface area (Å²) in [5, 5.41) is 4.20. The van der Waals surface area contributed by atoms with Crippen molar-refractivity contribution >= 4 is 17.3 Å². The first-order valence-electron chi connectivity index (χ1n) is 8.25. The van der Waals surface area contributed by atoms with E-state index in [-0.39, 0.29) is 0 Å². The first-order valence-corrected chi connectivity index (χ1v) is 8.25. The van der Waals surface area contributed by atoms with Crippen LogP contribution in [0.2, 0.25) is 0 Å². The Hall–Kier alpha value is -3.66. The fraction of sp³-hybridized carbons (Fsp3) is 0. The quantitative estimate of drug-likeness (QED) is 0.530. The molecule has 3 aromatic carbocycles. The molecular weight excluding hydrogens is 322 g/mol. The summed E-state index contributed by atoms with van der Waals surface area (Å²) < 4.78 is 0. The van der Waals surface area contributed by atoms with Gasteiger partial charge < -0.3 is 5.73 Å². The minimum Gasteiger partial charge on any atom is -0.350 e. The number of carbonyl (C=O) groups excluding carboxylic acids is 1. The molecule has 0 saturated heterocycles. The number of nitrogens with two attached hydrogens (primary N) is 1. The highest BCUT2D eigenvalue weighted by Gasteiger charge is 2.08. The lowest BCUT2D eigenvalue weighted by atomic mass is 9.95. The van der Waals surface area contributed by atoms with Crippen LogP contribution in [-0.4, -0.2) is 11.7 Å². The van der Waals surface area contributed by atoms with Gasteiger partial charge in [0.25, 0.3) is 0 Å². The lowest BCUT2D eigenvalue weighted by Crippen LogP contribution is -2.25. The zero-order valence-corrected chi connectivity index (χ0v) is 14.2. The van der Waals surface area contributed by atoms with Crippen LogP contribution in [0.3, 0.4) is 0 Å². The number of allylic oxidation sites excluding steroid dienone is 1. The van der Waals surface area contributed by atoms with E-state index in [0.717, 1.165) is 22.3 Å². The fourth-order valence-corrected chi connectivity index (χ4v) is 2.61. The largest absolute Gasteiger partial charge is 0.350 e. The van der Waals surface area contributed by atoms with Crippen LogP contribution in [0.15, 0.2) is 102 Å². The molecule has 128 valence electrons. The highest BCUT2D eigenvalue weighted by molar-refractivity contribution is 6.13. The number of nitrogens with one attached hydrogen (secondary N) is 1. The molecule has 0 unspecified atom stereocenters. The predicted molar refractivity (Wildman–Crippen MR) is 106 cm³/mol. The van der Waals surface area contributed by atoms with Crippen molar-refractivity contribution in [3.05, 3.63) is 114 Å². The van der Waals surface area contributed by atoms with E-state index in [1.807, 2.05) is 97.1 Å². The van der Waals surface area contributed by atoms with Gasteiger partial charge in [0.05, 0.1) is 5.71 Å². The number of urea groups is 1. The van der Waals surface area contributed by atoms with Crippen molar-refractivity contribution in [2.75, 3.05) is 0 Å². The molecule has 4 nitrogen and oxygen atoms in total. The van der Waals surface area contributed by atoms with Crippen molar-refractivity contribution in [3.8, 4) is 0 Å². The van der Waals surface area contributed by atoms with Gasteiger partial charge in [0, 0.05) is 5.56 Å². The summed E-state index contributed by atoms with van der Waals surface area (Å²) in [5.41, 5.74) is 12.1. The molecule has 0 bridgehead atoms. The molecule has 0 fully saturated rings. The molecule has 0 radical (unpaired) electrons. The number of rotatable bonds is 5. The number of amides is 2. The van der Waals surface area contributed by atoms with Crippen molar-refractivity contribution in [1.29, 1.82) is 0 Å². The maximum absolute atomic E-state index is 11.1. The van der Waals surface area contributed by atoms with Gasteiger partial charge in [0.1, 0.15) is 0 Å². The van der Waals surface area contributed by atoms with E-state index >= 15 is 0 Å². The van der Waals surface area contributed by atoms with Crippen LogP contribution < -0.4 is 11.2 Å². The zero-order valence-electron chi connectivity index (χ0n) is 14.2. The lowest BCUT2D eigenvalue weighted by Gasteiger charge is -2.10. The number of hydrogen-bond acceptors (Lipinski definition) is 2. The Bertz CT molecular complexity index is 876. The fourth-order valence-electron chi connectivity index (χ4n) is 2.61. The molecule has 3 aromatic rings. The first kappa shape index (κ1) is 17.2. The van der Waals surface area contributed by atoms with E-state index in [4.69, 9.17) is 5.73 Å². The van der Waals surface area contributed by atoms with E-state index in [9.17, 15) is 4.79 Å². The van der Waals surface area contributed by atoms with Crippen molar-refractivity contribution in [2.24, 2.45) is 10.8 Å². The number of benzene rings is 3. The number of primary amides is 1. The van der Waals surface area contributed by atoms with Gasteiger partial charge >= 0.3 is 6.03 Å².